The van der Waals surface area contributed by atoms with Crippen LogP contribution in [0.1, 0.15) is 34.6 Å². The Morgan fingerprint density at radius 3 is 2.27 bits per heavy atom. The summed E-state index contributed by atoms with van der Waals surface area (Å²) in [7, 11) is -2.90. The Morgan fingerprint density at radius 2 is 1.81 bits per heavy atom. The molecule has 1 rings (SSSR count). The fraction of sp³-hybridized carbons (Fsp3) is 0.850. The van der Waals surface area contributed by atoms with Gasteiger partial charge in [0.15, 0.2) is 0 Å². The zero-order valence-corrected chi connectivity index (χ0v) is 22.2. The van der Waals surface area contributed by atoms with E-state index in [4.69, 9.17) is 4.43 Å². The standard InChI is InChI=1S/C20H39NO2SeSi2/c1-11-12-13-21-18(22)17(19(21)24-14-15-25(6,7)8)16(2)23-26(9,10)20(3,4)5/h16-17,19H,13-15H2,1-10H3/t16-,17+,19-/m1/s1. The zero-order valence-electron chi connectivity index (χ0n) is 18.5. The SMILES string of the molecule is CC#CCN1C(=O)[C@H]([C@@H](C)O[Si](C)(C)C(C)(C)C)[C@H]1[Se]CC[Si](C)(C)C. The van der Waals surface area contributed by atoms with Crippen molar-refractivity contribution in [3.8, 4) is 11.8 Å². The Balaban J connectivity index is 2.84. The van der Waals surface area contributed by atoms with Gasteiger partial charge >= 0.3 is 170 Å². The van der Waals surface area contributed by atoms with E-state index in [0.29, 0.717) is 26.4 Å². The molecule has 1 heterocycles. The number of amides is 1. The van der Waals surface area contributed by atoms with Crippen molar-refractivity contribution >= 4 is 37.3 Å². The van der Waals surface area contributed by atoms with Crippen molar-refractivity contribution in [3.63, 3.8) is 0 Å². The molecule has 26 heavy (non-hydrogen) atoms. The molecule has 0 unspecified atom stereocenters. The number of likely N-dealkylation sites (tertiary alicyclic amines) is 1. The van der Waals surface area contributed by atoms with Gasteiger partial charge in [-0.3, -0.25) is 0 Å². The Bertz CT molecular complexity index is 555. The molecule has 1 aliphatic heterocycles. The maximum atomic E-state index is 12.8. The minimum absolute atomic E-state index is 0.00739. The van der Waals surface area contributed by atoms with Gasteiger partial charge in [-0.1, -0.05) is 0 Å². The molecule has 1 aliphatic rings. The number of β-lactam (4-membered cyclic amide) rings is 1. The molecule has 0 radical (unpaired) electrons. The first-order chi connectivity index (χ1) is 11.7. The van der Waals surface area contributed by atoms with Crippen molar-refractivity contribution in [2.45, 2.75) is 94.8 Å². The van der Waals surface area contributed by atoms with Gasteiger partial charge < -0.3 is 0 Å². The van der Waals surface area contributed by atoms with Crippen LogP contribution >= 0.6 is 0 Å². The van der Waals surface area contributed by atoms with Crippen LogP contribution in [0.5, 0.6) is 0 Å². The van der Waals surface area contributed by atoms with Gasteiger partial charge in [-0.2, -0.15) is 0 Å². The molecule has 0 spiro atoms. The number of carbonyl (C=O) groups excluding carboxylic acids is 1. The Morgan fingerprint density at radius 1 is 1.23 bits per heavy atom. The van der Waals surface area contributed by atoms with Gasteiger partial charge in [-0.25, -0.2) is 0 Å². The van der Waals surface area contributed by atoms with Crippen LogP contribution in [0.15, 0.2) is 0 Å². The summed E-state index contributed by atoms with van der Waals surface area (Å²) in [6.45, 7) is 23.1. The second kappa shape index (κ2) is 8.96. The van der Waals surface area contributed by atoms with E-state index in [1.807, 2.05) is 11.8 Å². The first kappa shape index (κ1) is 24.0. The maximum absolute atomic E-state index is 12.8. The number of rotatable bonds is 8. The van der Waals surface area contributed by atoms with Gasteiger partial charge in [0.2, 0.25) is 0 Å². The van der Waals surface area contributed by atoms with Crippen LogP contribution in [0.3, 0.4) is 0 Å². The quantitative estimate of drug-likeness (QED) is 0.299. The predicted octanol–water partition coefficient (Wildman–Crippen LogP) is 4.67. The predicted molar refractivity (Wildman–Crippen MR) is 119 cm³/mol. The molecule has 0 N–H and O–H groups in total. The van der Waals surface area contributed by atoms with Gasteiger partial charge in [-0.05, 0) is 0 Å². The fourth-order valence-electron chi connectivity index (χ4n) is 2.71. The molecule has 0 aromatic carbocycles. The van der Waals surface area contributed by atoms with Crippen molar-refractivity contribution in [2.24, 2.45) is 5.92 Å². The monoisotopic (exact) mass is 461 g/mol. The number of nitrogens with zero attached hydrogens (tertiary/aromatic N) is 1. The van der Waals surface area contributed by atoms with Crippen LogP contribution in [0.25, 0.3) is 0 Å². The molecule has 0 bridgehead atoms. The molecule has 0 aromatic heterocycles. The van der Waals surface area contributed by atoms with Gasteiger partial charge in [0.1, 0.15) is 0 Å². The van der Waals surface area contributed by atoms with Crippen molar-refractivity contribution in [1.29, 1.82) is 0 Å². The van der Waals surface area contributed by atoms with Crippen LogP contribution in [-0.4, -0.2) is 59.7 Å². The average Bonchev–Trinajstić information content (AvgIpc) is 2.43. The fourth-order valence-corrected chi connectivity index (χ4v) is 11.9. The third-order valence-corrected chi connectivity index (χ3v) is 15.5. The minimum atomic E-state index is -1.87. The van der Waals surface area contributed by atoms with Crippen LogP contribution < -0.4 is 0 Å². The van der Waals surface area contributed by atoms with Crippen LogP contribution in [0.2, 0.25) is 49.1 Å². The molecular weight excluding hydrogens is 421 g/mol. The van der Waals surface area contributed by atoms with Crippen molar-refractivity contribution in [3.05, 3.63) is 0 Å². The third kappa shape index (κ3) is 6.24. The van der Waals surface area contributed by atoms with Gasteiger partial charge in [0.25, 0.3) is 0 Å². The summed E-state index contributed by atoms with van der Waals surface area (Å²) in [5.74, 6) is 6.31. The van der Waals surface area contributed by atoms with Crippen molar-refractivity contribution in [2.75, 3.05) is 6.54 Å². The summed E-state index contributed by atoms with van der Waals surface area (Å²) in [5.41, 5.74) is 0. The van der Waals surface area contributed by atoms with E-state index in [0.717, 1.165) is 0 Å². The summed E-state index contributed by atoms with van der Waals surface area (Å²) in [4.78, 5) is 15.2. The second-order valence-corrected chi connectivity index (χ2v) is 23.0. The first-order valence-electron chi connectivity index (χ1n) is 9.71. The van der Waals surface area contributed by atoms with Gasteiger partial charge in [-0.15, -0.1) is 0 Å². The van der Waals surface area contributed by atoms with E-state index in [9.17, 15) is 4.79 Å². The Hall–Kier alpha value is -0.0568. The second-order valence-electron chi connectivity index (χ2n) is 10.1. The van der Waals surface area contributed by atoms with Gasteiger partial charge in [0.05, 0.1) is 0 Å². The molecule has 6 heteroatoms. The molecule has 1 amide bonds. The Labute approximate surface area is 170 Å². The topological polar surface area (TPSA) is 29.5 Å². The molecule has 0 saturated carbocycles. The number of hydrogen-bond donors (Lipinski definition) is 0. The summed E-state index contributed by atoms with van der Waals surface area (Å²) >= 11 is 0.444. The molecule has 1 fully saturated rings. The van der Waals surface area contributed by atoms with Gasteiger partial charge in [0, 0.05) is 0 Å². The summed E-state index contributed by atoms with van der Waals surface area (Å²) in [5, 5.41) is 1.43. The van der Waals surface area contributed by atoms with Crippen LogP contribution in [-0.2, 0) is 9.22 Å². The molecule has 0 aromatic rings. The van der Waals surface area contributed by atoms with E-state index >= 15 is 0 Å². The molecular formula is C20H39NO2SeSi2. The van der Waals surface area contributed by atoms with Crippen molar-refractivity contribution in [1.82, 2.24) is 4.90 Å². The summed E-state index contributed by atoms with van der Waals surface area (Å²) in [6, 6.07) is 1.34. The van der Waals surface area contributed by atoms with Crippen LogP contribution in [0, 0.1) is 17.8 Å². The normalized spacial score (nSPS) is 22.5. The van der Waals surface area contributed by atoms with E-state index in [1.165, 1.54) is 11.4 Å². The van der Waals surface area contributed by atoms with Crippen LogP contribution in [0.4, 0.5) is 0 Å². The zero-order chi connectivity index (χ0) is 20.3. The Kier molecular flexibility index (Phi) is 8.27. The summed E-state index contributed by atoms with van der Waals surface area (Å²) in [6.07, 6.45) is 0.00739. The third-order valence-electron chi connectivity index (χ3n) is 5.54. The first-order valence-corrected chi connectivity index (χ1v) is 18.5. The van der Waals surface area contributed by atoms with E-state index < -0.39 is 16.4 Å². The average molecular weight is 461 g/mol. The van der Waals surface area contributed by atoms with E-state index in [-0.39, 0.29) is 23.0 Å². The number of carbonyl (C=O) groups is 1. The molecule has 1 saturated heterocycles. The number of hydrogen-bond acceptors (Lipinski definition) is 2. The van der Waals surface area contributed by atoms with E-state index in [1.54, 1.807) is 0 Å². The van der Waals surface area contributed by atoms with E-state index in [2.05, 4.69) is 72.3 Å². The molecule has 3 atom stereocenters. The van der Waals surface area contributed by atoms with Crippen molar-refractivity contribution < 1.29 is 9.22 Å². The summed E-state index contributed by atoms with van der Waals surface area (Å²) < 4.78 is 6.58. The molecule has 0 aliphatic carbocycles. The molecule has 150 valence electrons. The molecule has 3 nitrogen and oxygen atoms in total.